The molecule has 19 heavy (non-hydrogen) atoms. The number of hydrogen-bond acceptors (Lipinski definition) is 2. The maximum absolute atomic E-state index is 13.0. The van der Waals surface area contributed by atoms with Gasteiger partial charge in [0.25, 0.3) is 0 Å². The monoisotopic (exact) mass is 262 g/mol. The normalized spacial score (nSPS) is 47.9. The number of carbonyl (C=O) groups is 1. The van der Waals surface area contributed by atoms with Crippen LogP contribution in [0.2, 0.25) is 0 Å². The van der Waals surface area contributed by atoms with E-state index in [1.54, 1.807) is 0 Å². The lowest BCUT2D eigenvalue weighted by atomic mass is 9.49. The third-order valence-corrected chi connectivity index (χ3v) is 6.40. The van der Waals surface area contributed by atoms with Crippen molar-refractivity contribution < 1.29 is 4.79 Å². The van der Waals surface area contributed by atoms with Gasteiger partial charge in [0.1, 0.15) is 0 Å². The summed E-state index contributed by atoms with van der Waals surface area (Å²) in [5.41, 5.74) is 5.82. The molecule has 1 unspecified atom stereocenters. The lowest BCUT2D eigenvalue weighted by Gasteiger charge is -2.56. The molecule has 0 aromatic carbocycles. The summed E-state index contributed by atoms with van der Waals surface area (Å²) in [7, 11) is 0. The Hall–Kier alpha value is -0.570. The van der Waals surface area contributed by atoms with Crippen LogP contribution in [0, 0.1) is 29.1 Å². The molecule has 4 aliphatic carbocycles. The molecule has 1 saturated heterocycles. The highest BCUT2D eigenvalue weighted by atomic mass is 16.2. The predicted octanol–water partition coefficient (Wildman–Crippen LogP) is 2.01. The molecule has 0 spiro atoms. The number of nitrogens with zero attached hydrogens (tertiary/aromatic N) is 1. The number of rotatable bonds is 2. The molecule has 0 radical (unpaired) electrons. The van der Waals surface area contributed by atoms with Crippen molar-refractivity contribution in [2.75, 3.05) is 19.6 Å². The molecular formula is C16H26N2O. The summed E-state index contributed by atoms with van der Waals surface area (Å²) in [5, 5.41) is 0. The number of carbonyl (C=O) groups excluding carboxylic acids is 1. The molecular weight excluding hydrogens is 236 g/mol. The van der Waals surface area contributed by atoms with Gasteiger partial charge < -0.3 is 10.6 Å². The second-order valence-corrected chi connectivity index (χ2v) is 7.84. The van der Waals surface area contributed by atoms with E-state index in [-0.39, 0.29) is 5.41 Å². The van der Waals surface area contributed by atoms with E-state index in [9.17, 15) is 4.79 Å². The smallest absolute Gasteiger partial charge is 0.228 e. The SMILES string of the molecule is NCC1CCN(C(=O)C23CC4CC(CC(C4)C2)C3)C1. The molecule has 106 valence electrons. The van der Waals surface area contributed by atoms with Crippen LogP contribution in [0.1, 0.15) is 44.9 Å². The van der Waals surface area contributed by atoms with Crippen LogP contribution < -0.4 is 5.73 Å². The van der Waals surface area contributed by atoms with Crippen LogP contribution in [-0.2, 0) is 4.79 Å². The van der Waals surface area contributed by atoms with Gasteiger partial charge in [0, 0.05) is 13.1 Å². The highest BCUT2D eigenvalue weighted by Crippen LogP contribution is 2.60. The highest BCUT2D eigenvalue weighted by molar-refractivity contribution is 5.83. The summed E-state index contributed by atoms with van der Waals surface area (Å²) >= 11 is 0. The Morgan fingerprint density at radius 3 is 2.16 bits per heavy atom. The lowest BCUT2D eigenvalue weighted by molar-refractivity contribution is -0.156. The zero-order chi connectivity index (χ0) is 13.0. The van der Waals surface area contributed by atoms with Crippen LogP contribution in [0.25, 0.3) is 0 Å². The fraction of sp³-hybridized carbons (Fsp3) is 0.938. The van der Waals surface area contributed by atoms with Gasteiger partial charge in [-0.25, -0.2) is 0 Å². The number of likely N-dealkylation sites (tertiary alicyclic amines) is 1. The minimum Gasteiger partial charge on any atom is -0.342 e. The quantitative estimate of drug-likeness (QED) is 0.827. The predicted molar refractivity (Wildman–Crippen MR) is 74.3 cm³/mol. The first-order chi connectivity index (χ1) is 9.18. The van der Waals surface area contributed by atoms with E-state index in [1.165, 1.54) is 38.5 Å². The van der Waals surface area contributed by atoms with E-state index in [0.717, 1.165) is 43.8 Å². The topological polar surface area (TPSA) is 46.3 Å². The second kappa shape index (κ2) is 4.21. The molecule has 1 atom stereocenters. The molecule has 1 heterocycles. The zero-order valence-corrected chi connectivity index (χ0v) is 11.8. The van der Waals surface area contributed by atoms with E-state index in [0.29, 0.717) is 11.8 Å². The number of hydrogen-bond donors (Lipinski definition) is 1. The van der Waals surface area contributed by atoms with E-state index in [2.05, 4.69) is 4.90 Å². The third-order valence-electron chi connectivity index (χ3n) is 6.40. The Bertz CT molecular complexity index is 357. The summed E-state index contributed by atoms with van der Waals surface area (Å²) in [4.78, 5) is 15.2. The first-order valence-corrected chi connectivity index (χ1v) is 8.18. The van der Waals surface area contributed by atoms with Crippen molar-refractivity contribution in [3.8, 4) is 0 Å². The summed E-state index contributed by atoms with van der Waals surface area (Å²) in [6.45, 7) is 2.63. The molecule has 3 heteroatoms. The average Bonchev–Trinajstić information content (AvgIpc) is 2.84. The van der Waals surface area contributed by atoms with E-state index < -0.39 is 0 Å². The van der Waals surface area contributed by atoms with Crippen molar-refractivity contribution in [1.29, 1.82) is 0 Å². The first kappa shape index (κ1) is 12.2. The van der Waals surface area contributed by atoms with Gasteiger partial charge in [-0.2, -0.15) is 0 Å². The maximum Gasteiger partial charge on any atom is 0.228 e. The van der Waals surface area contributed by atoms with Gasteiger partial charge in [0.2, 0.25) is 5.91 Å². The van der Waals surface area contributed by atoms with Gasteiger partial charge in [-0.1, -0.05) is 0 Å². The Labute approximate surface area is 115 Å². The molecule has 5 rings (SSSR count). The van der Waals surface area contributed by atoms with Gasteiger partial charge in [-0.3, -0.25) is 4.79 Å². The van der Waals surface area contributed by atoms with Crippen molar-refractivity contribution in [2.45, 2.75) is 44.9 Å². The van der Waals surface area contributed by atoms with E-state index in [1.807, 2.05) is 0 Å². The van der Waals surface area contributed by atoms with E-state index >= 15 is 0 Å². The molecule has 1 amide bonds. The maximum atomic E-state index is 13.0. The summed E-state index contributed by atoms with van der Waals surface area (Å²) in [6, 6.07) is 0. The number of nitrogens with two attached hydrogens (primary N) is 1. The molecule has 0 aromatic rings. The molecule has 2 N–H and O–H groups in total. The highest BCUT2D eigenvalue weighted by Gasteiger charge is 2.55. The zero-order valence-electron chi connectivity index (χ0n) is 11.8. The second-order valence-electron chi connectivity index (χ2n) is 7.84. The molecule has 5 aliphatic rings. The molecule has 5 fully saturated rings. The third kappa shape index (κ3) is 1.84. The standard InChI is InChI=1S/C16H26N2O/c17-9-11-1-2-18(10-11)15(19)16-6-12-3-13(7-16)5-14(4-12)8-16/h11-14H,1-10,17H2. The van der Waals surface area contributed by atoms with Crippen molar-refractivity contribution in [2.24, 2.45) is 34.8 Å². The first-order valence-electron chi connectivity index (χ1n) is 8.18. The van der Waals surface area contributed by atoms with Crippen molar-refractivity contribution in [3.05, 3.63) is 0 Å². The Morgan fingerprint density at radius 2 is 1.68 bits per heavy atom. The minimum absolute atomic E-state index is 0.0538. The Balaban J connectivity index is 1.53. The van der Waals surface area contributed by atoms with Crippen LogP contribution in [-0.4, -0.2) is 30.4 Å². The molecule has 3 nitrogen and oxygen atoms in total. The van der Waals surface area contributed by atoms with Gasteiger partial charge in [0.15, 0.2) is 0 Å². The fourth-order valence-corrected chi connectivity index (χ4v) is 5.92. The van der Waals surface area contributed by atoms with Crippen LogP contribution in [0.4, 0.5) is 0 Å². The Kier molecular flexibility index (Phi) is 2.70. The minimum atomic E-state index is 0.0538. The van der Waals surface area contributed by atoms with Crippen LogP contribution in [0.3, 0.4) is 0 Å². The van der Waals surface area contributed by atoms with Crippen LogP contribution in [0.5, 0.6) is 0 Å². The summed E-state index contributed by atoms with van der Waals surface area (Å²) < 4.78 is 0. The van der Waals surface area contributed by atoms with Crippen molar-refractivity contribution >= 4 is 5.91 Å². The van der Waals surface area contributed by atoms with Gasteiger partial charge >= 0.3 is 0 Å². The molecule has 0 aromatic heterocycles. The van der Waals surface area contributed by atoms with E-state index in [4.69, 9.17) is 5.73 Å². The lowest BCUT2D eigenvalue weighted by Crippen LogP contribution is -2.54. The van der Waals surface area contributed by atoms with Crippen molar-refractivity contribution in [1.82, 2.24) is 4.90 Å². The van der Waals surface area contributed by atoms with Crippen LogP contribution in [0.15, 0.2) is 0 Å². The van der Waals surface area contributed by atoms with Crippen LogP contribution >= 0.6 is 0 Å². The fourth-order valence-electron chi connectivity index (χ4n) is 5.92. The number of amides is 1. The average molecular weight is 262 g/mol. The summed E-state index contributed by atoms with van der Waals surface area (Å²) in [5.74, 6) is 3.65. The molecule has 4 bridgehead atoms. The van der Waals surface area contributed by atoms with Gasteiger partial charge in [-0.15, -0.1) is 0 Å². The largest absolute Gasteiger partial charge is 0.342 e. The van der Waals surface area contributed by atoms with Gasteiger partial charge in [-0.05, 0) is 75.2 Å². The van der Waals surface area contributed by atoms with Gasteiger partial charge in [0.05, 0.1) is 5.41 Å². The molecule has 4 saturated carbocycles. The Morgan fingerprint density at radius 1 is 1.11 bits per heavy atom. The van der Waals surface area contributed by atoms with Crippen molar-refractivity contribution in [3.63, 3.8) is 0 Å². The molecule has 1 aliphatic heterocycles. The summed E-state index contributed by atoms with van der Waals surface area (Å²) in [6.07, 6.45) is 8.95.